The lowest BCUT2D eigenvalue weighted by atomic mass is 10.1. The average molecular weight is 437 g/mol. The van der Waals surface area contributed by atoms with Gasteiger partial charge in [-0.3, -0.25) is 5.43 Å². The highest BCUT2D eigenvalue weighted by Crippen LogP contribution is 2.26. The van der Waals surface area contributed by atoms with Crippen LogP contribution in [0.15, 0.2) is 58.0 Å². The summed E-state index contributed by atoms with van der Waals surface area (Å²) in [6.07, 6.45) is -1.06. The third kappa shape index (κ3) is 7.18. The molecule has 0 aliphatic rings. The molecule has 1 atom stereocenters. The van der Waals surface area contributed by atoms with Gasteiger partial charge in [-0.2, -0.15) is 5.11 Å². The molecular formula is C21H23ClF2N4O2. The number of oxime groups is 1. The van der Waals surface area contributed by atoms with Crippen LogP contribution in [0.4, 0.5) is 14.5 Å². The fourth-order valence-corrected chi connectivity index (χ4v) is 2.65. The fraction of sp³-hybridized carbons (Fsp3) is 0.333. The van der Waals surface area contributed by atoms with Crippen molar-refractivity contribution in [3.8, 4) is 0 Å². The maximum absolute atomic E-state index is 12.9. The van der Waals surface area contributed by atoms with Crippen molar-refractivity contribution in [1.82, 2.24) is 0 Å². The Balaban J connectivity index is 2.01. The zero-order valence-electron chi connectivity index (χ0n) is 16.7. The number of halogens is 3. The van der Waals surface area contributed by atoms with Crippen molar-refractivity contribution >= 4 is 29.3 Å². The molecule has 2 aromatic carbocycles. The normalized spacial score (nSPS) is 12.9. The first-order valence-electron chi connectivity index (χ1n) is 9.32. The van der Waals surface area contributed by atoms with Gasteiger partial charge in [-0.05, 0) is 37.1 Å². The Morgan fingerprint density at radius 2 is 2.03 bits per heavy atom. The van der Waals surface area contributed by atoms with Crippen LogP contribution in [-0.2, 0) is 16.2 Å². The van der Waals surface area contributed by atoms with Crippen molar-refractivity contribution in [2.24, 2.45) is 21.4 Å². The van der Waals surface area contributed by atoms with Crippen LogP contribution in [0.2, 0.25) is 5.02 Å². The van der Waals surface area contributed by atoms with Gasteiger partial charge in [0.15, 0.2) is 0 Å². The Morgan fingerprint density at radius 3 is 2.77 bits per heavy atom. The van der Waals surface area contributed by atoms with Crippen molar-refractivity contribution in [2.45, 2.75) is 33.3 Å². The van der Waals surface area contributed by atoms with Crippen molar-refractivity contribution in [2.75, 3.05) is 12.0 Å². The van der Waals surface area contributed by atoms with Crippen molar-refractivity contribution in [3.05, 3.63) is 64.2 Å². The Kier molecular flexibility index (Phi) is 9.34. The molecule has 0 amide bonds. The number of nitrogens with one attached hydrogen (secondary N) is 1. The van der Waals surface area contributed by atoms with Crippen LogP contribution < -0.4 is 5.43 Å². The minimum absolute atomic E-state index is 0.0472. The van der Waals surface area contributed by atoms with Crippen LogP contribution in [0.1, 0.15) is 43.4 Å². The zero-order chi connectivity index (χ0) is 21.9. The highest BCUT2D eigenvalue weighted by Gasteiger charge is 2.10. The Morgan fingerprint density at radius 1 is 1.27 bits per heavy atom. The van der Waals surface area contributed by atoms with Gasteiger partial charge in [-0.25, -0.2) is 8.78 Å². The standard InChI is InChI=1S/C21H23ClF2N4O2/c1-14(12-29)9-10-25-28-26-20-8-4-7-19(22)18(20)13-30-27-15(2)16-5-3-6-17(11-16)21(23)24/h3-8,11-12,14,21H,9-10,13H2,1-2H3,(H,25,26). The number of carbonyl (C=O) groups is 1. The number of aldehydes is 1. The molecule has 1 N–H and O–H groups in total. The summed E-state index contributed by atoms with van der Waals surface area (Å²) in [4.78, 5) is 16.0. The first kappa shape index (κ1) is 23.4. The summed E-state index contributed by atoms with van der Waals surface area (Å²) in [7, 11) is 0. The number of hydrogen-bond donors (Lipinski definition) is 1. The maximum atomic E-state index is 12.9. The van der Waals surface area contributed by atoms with E-state index in [0.717, 1.165) is 6.29 Å². The van der Waals surface area contributed by atoms with E-state index in [2.05, 4.69) is 20.9 Å². The van der Waals surface area contributed by atoms with Gasteiger partial charge in [0, 0.05) is 22.1 Å². The minimum Gasteiger partial charge on any atom is -0.391 e. The van der Waals surface area contributed by atoms with E-state index in [-0.39, 0.29) is 18.1 Å². The third-order valence-corrected chi connectivity index (χ3v) is 4.60. The Bertz CT molecular complexity index is 906. The van der Waals surface area contributed by atoms with Crippen LogP contribution in [0.3, 0.4) is 0 Å². The van der Waals surface area contributed by atoms with Gasteiger partial charge >= 0.3 is 0 Å². The molecule has 0 aromatic heterocycles. The molecule has 160 valence electrons. The molecule has 0 radical (unpaired) electrons. The molecule has 2 rings (SSSR count). The maximum Gasteiger partial charge on any atom is 0.263 e. The van der Waals surface area contributed by atoms with Crippen LogP contribution in [0.5, 0.6) is 0 Å². The number of benzene rings is 2. The van der Waals surface area contributed by atoms with Crippen LogP contribution in [0, 0.1) is 5.92 Å². The van der Waals surface area contributed by atoms with Gasteiger partial charge < -0.3 is 9.63 Å². The van der Waals surface area contributed by atoms with Crippen molar-refractivity contribution < 1.29 is 18.4 Å². The van der Waals surface area contributed by atoms with Gasteiger partial charge in [0.1, 0.15) is 12.9 Å². The molecule has 30 heavy (non-hydrogen) atoms. The number of nitrogens with zero attached hydrogens (tertiary/aromatic N) is 3. The molecule has 0 heterocycles. The summed E-state index contributed by atoms with van der Waals surface area (Å²) in [5.74, 6) is -0.0680. The second-order valence-corrected chi connectivity index (χ2v) is 7.03. The Hall–Kier alpha value is -2.87. The van der Waals surface area contributed by atoms with Gasteiger partial charge in [0.25, 0.3) is 6.43 Å². The number of rotatable bonds is 11. The molecule has 2 aromatic rings. The fourth-order valence-electron chi connectivity index (χ4n) is 2.42. The predicted molar refractivity (Wildman–Crippen MR) is 113 cm³/mol. The van der Waals surface area contributed by atoms with E-state index in [1.807, 2.05) is 6.92 Å². The zero-order valence-corrected chi connectivity index (χ0v) is 17.4. The quantitative estimate of drug-likeness (QED) is 0.196. The molecular weight excluding hydrogens is 414 g/mol. The second kappa shape index (κ2) is 12.0. The van der Waals surface area contributed by atoms with Crippen LogP contribution >= 0.6 is 11.6 Å². The molecule has 0 aliphatic heterocycles. The van der Waals surface area contributed by atoms with E-state index >= 15 is 0 Å². The second-order valence-electron chi connectivity index (χ2n) is 6.62. The van der Waals surface area contributed by atoms with Crippen molar-refractivity contribution in [3.63, 3.8) is 0 Å². The Labute approximate surface area is 178 Å². The number of hydrogen-bond acceptors (Lipinski definition) is 5. The molecule has 0 saturated carbocycles. The van der Waals surface area contributed by atoms with E-state index in [9.17, 15) is 13.6 Å². The lowest BCUT2D eigenvalue weighted by molar-refractivity contribution is -0.110. The molecule has 0 spiro atoms. The molecule has 0 aliphatic carbocycles. The summed E-state index contributed by atoms with van der Waals surface area (Å²) in [5, 5.41) is 12.3. The lowest BCUT2D eigenvalue weighted by Crippen LogP contribution is -2.01. The smallest absolute Gasteiger partial charge is 0.263 e. The molecule has 0 saturated heterocycles. The third-order valence-electron chi connectivity index (χ3n) is 4.24. The van der Waals surface area contributed by atoms with Crippen LogP contribution in [-0.4, -0.2) is 18.5 Å². The summed E-state index contributed by atoms with van der Waals surface area (Å²) in [6, 6.07) is 11.2. The average Bonchev–Trinajstić information content (AvgIpc) is 2.74. The highest BCUT2D eigenvalue weighted by atomic mass is 35.5. The SMILES string of the molecule is CC(=NOCc1c(Cl)cccc1N/N=N\CCC(C)C=O)c1cccc(C(F)F)c1. The first-order valence-corrected chi connectivity index (χ1v) is 9.70. The van der Waals surface area contributed by atoms with Gasteiger partial charge in [0.05, 0.1) is 17.9 Å². The van der Waals surface area contributed by atoms with Gasteiger partial charge in [-0.15, -0.1) is 0 Å². The summed E-state index contributed by atoms with van der Waals surface area (Å²) in [5.41, 5.74) is 4.96. The van der Waals surface area contributed by atoms with E-state index < -0.39 is 6.43 Å². The van der Waals surface area contributed by atoms with Crippen molar-refractivity contribution in [1.29, 1.82) is 0 Å². The van der Waals surface area contributed by atoms with E-state index in [0.29, 0.717) is 40.5 Å². The predicted octanol–water partition coefficient (Wildman–Crippen LogP) is 6.22. The van der Waals surface area contributed by atoms with E-state index in [1.165, 1.54) is 12.1 Å². The topological polar surface area (TPSA) is 75.4 Å². The summed E-state index contributed by atoms with van der Waals surface area (Å²) in [6.45, 7) is 3.95. The molecule has 0 fully saturated rings. The van der Waals surface area contributed by atoms with Crippen LogP contribution in [0.25, 0.3) is 0 Å². The van der Waals surface area contributed by atoms with E-state index in [4.69, 9.17) is 16.4 Å². The van der Waals surface area contributed by atoms with Gasteiger partial charge in [0.2, 0.25) is 0 Å². The first-order chi connectivity index (χ1) is 14.4. The molecule has 0 bridgehead atoms. The molecule has 1 unspecified atom stereocenters. The monoisotopic (exact) mass is 436 g/mol. The lowest BCUT2D eigenvalue weighted by Gasteiger charge is -2.10. The summed E-state index contributed by atoms with van der Waals surface area (Å²) < 4.78 is 25.7. The van der Waals surface area contributed by atoms with Gasteiger partial charge in [-0.1, -0.05) is 53.2 Å². The minimum atomic E-state index is -2.55. The number of carbonyl (C=O) groups excluding carboxylic acids is 1. The largest absolute Gasteiger partial charge is 0.391 e. The van der Waals surface area contributed by atoms with E-state index in [1.54, 1.807) is 37.3 Å². The molecule has 6 nitrogen and oxygen atoms in total. The summed E-state index contributed by atoms with van der Waals surface area (Å²) >= 11 is 6.25. The molecule has 9 heteroatoms. The number of alkyl halides is 2. The number of anilines is 1. The highest BCUT2D eigenvalue weighted by molar-refractivity contribution is 6.31.